The fourth-order valence-electron chi connectivity index (χ4n) is 4.24. The van der Waals surface area contributed by atoms with Crippen molar-refractivity contribution < 1.29 is 9.90 Å². The summed E-state index contributed by atoms with van der Waals surface area (Å²) in [5.74, 6) is 0.172. The second-order valence-electron chi connectivity index (χ2n) is 8.77. The molecule has 154 valence electrons. The number of rotatable bonds is 5. The van der Waals surface area contributed by atoms with Crippen molar-refractivity contribution >= 4 is 28.6 Å². The van der Waals surface area contributed by atoms with Crippen molar-refractivity contribution in [1.29, 1.82) is 0 Å². The lowest BCUT2D eigenvalue weighted by Gasteiger charge is -2.41. The molecule has 1 saturated carbocycles. The van der Waals surface area contributed by atoms with Gasteiger partial charge in [0.25, 0.3) is 0 Å². The molecule has 0 saturated heterocycles. The number of fused-ring (bicyclic) bond motifs is 1. The molecule has 0 bridgehead atoms. The zero-order chi connectivity index (χ0) is 21.5. The normalized spacial score (nSPS) is 17.0. The summed E-state index contributed by atoms with van der Waals surface area (Å²) in [5.41, 5.74) is 2.46. The second-order valence-corrected chi connectivity index (χ2v) is 8.77. The minimum Gasteiger partial charge on any atom is -0.385 e. The fraction of sp³-hybridized carbons (Fsp3) is 0.375. The van der Waals surface area contributed by atoms with E-state index in [1.54, 1.807) is 13.0 Å². The van der Waals surface area contributed by atoms with E-state index in [1.807, 2.05) is 43.3 Å². The van der Waals surface area contributed by atoms with Gasteiger partial charge in [-0.05, 0) is 57.7 Å². The molecule has 2 N–H and O–H groups in total. The van der Waals surface area contributed by atoms with Gasteiger partial charge in [-0.25, -0.2) is 9.83 Å². The highest BCUT2D eigenvalue weighted by Gasteiger charge is 2.37. The molecule has 4 rings (SSSR count). The molecule has 3 aromatic rings. The van der Waals surface area contributed by atoms with Crippen LogP contribution in [0.1, 0.15) is 50.7 Å². The maximum Gasteiger partial charge on any atom is 0.229 e. The number of hydrogen-bond donors (Lipinski definition) is 2. The maximum atomic E-state index is 12.9. The van der Waals surface area contributed by atoms with Crippen LogP contribution in [0.5, 0.6) is 0 Å². The van der Waals surface area contributed by atoms with Crippen LogP contribution in [0.3, 0.4) is 0 Å². The average molecular weight is 402 g/mol. The van der Waals surface area contributed by atoms with Gasteiger partial charge in [0, 0.05) is 5.54 Å². The highest BCUT2D eigenvalue weighted by atomic mass is 16.3. The van der Waals surface area contributed by atoms with Crippen LogP contribution in [-0.2, 0) is 15.9 Å². The summed E-state index contributed by atoms with van der Waals surface area (Å²) in [4.78, 5) is 21.1. The minimum absolute atomic E-state index is 0.0797. The summed E-state index contributed by atoms with van der Waals surface area (Å²) in [6.07, 6.45) is 3.02. The maximum absolute atomic E-state index is 12.9. The lowest BCUT2D eigenvalue weighted by molar-refractivity contribution is -0.120. The predicted molar refractivity (Wildman–Crippen MR) is 117 cm³/mol. The van der Waals surface area contributed by atoms with E-state index in [1.165, 1.54) is 0 Å². The van der Waals surface area contributed by atoms with Crippen LogP contribution in [-0.4, -0.2) is 20.6 Å². The summed E-state index contributed by atoms with van der Waals surface area (Å²) < 4.78 is 2.06. The first-order valence-corrected chi connectivity index (χ1v) is 10.2. The first-order valence-electron chi connectivity index (χ1n) is 10.2. The number of nitrogens with one attached hydrogen (secondary N) is 1. The van der Waals surface area contributed by atoms with Crippen LogP contribution >= 0.6 is 0 Å². The number of hydrogen-bond acceptors (Lipinski definition) is 3. The Balaban J connectivity index is 1.66. The zero-order valence-corrected chi connectivity index (χ0v) is 17.6. The van der Waals surface area contributed by atoms with Crippen molar-refractivity contribution in [2.75, 3.05) is 5.32 Å². The number of aryl methyl sites for hydroxylation is 1. The van der Waals surface area contributed by atoms with Gasteiger partial charge in [0.05, 0.1) is 29.6 Å². The van der Waals surface area contributed by atoms with Crippen molar-refractivity contribution in [2.45, 2.75) is 57.6 Å². The number of amides is 1. The largest absolute Gasteiger partial charge is 0.385 e. The fourth-order valence-corrected chi connectivity index (χ4v) is 4.24. The molecular weight excluding hydrogens is 376 g/mol. The lowest BCUT2D eigenvalue weighted by Crippen LogP contribution is -2.38. The number of anilines is 1. The lowest BCUT2D eigenvalue weighted by atomic mass is 9.78. The zero-order valence-electron chi connectivity index (χ0n) is 17.6. The number of aromatic nitrogens is 2. The van der Waals surface area contributed by atoms with E-state index in [9.17, 15) is 9.90 Å². The van der Waals surface area contributed by atoms with E-state index in [0.717, 1.165) is 35.9 Å². The molecule has 0 unspecified atom stereocenters. The summed E-state index contributed by atoms with van der Waals surface area (Å²) in [7, 11) is 0. The van der Waals surface area contributed by atoms with E-state index in [4.69, 9.17) is 6.57 Å². The summed E-state index contributed by atoms with van der Waals surface area (Å²) in [6, 6.07) is 12.9. The van der Waals surface area contributed by atoms with Gasteiger partial charge in [0.1, 0.15) is 0 Å². The Kier molecular flexibility index (Phi) is 4.87. The van der Waals surface area contributed by atoms with E-state index in [2.05, 4.69) is 26.6 Å². The number of carbonyl (C=O) groups is 1. The smallest absolute Gasteiger partial charge is 0.229 e. The third-order valence-electron chi connectivity index (χ3n) is 6.13. The van der Waals surface area contributed by atoms with Crippen molar-refractivity contribution in [3.63, 3.8) is 0 Å². The number of nitrogens with zero attached hydrogens (tertiary/aromatic N) is 3. The van der Waals surface area contributed by atoms with Crippen LogP contribution in [0.25, 0.3) is 15.9 Å². The van der Waals surface area contributed by atoms with Gasteiger partial charge in [-0.2, -0.15) is 0 Å². The Labute approximate surface area is 176 Å². The highest BCUT2D eigenvalue weighted by molar-refractivity contribution is 5.93. The molecule has 0 spiro atoms. The third-order valence-corrected chi connectivity index (χ3v) is 6.13. The quantitative estimate of drug-likeness (QED) is 0.588. The van der Waals surface area contributed by atoms with Crippen LogP contribution in [0.15, 0.2) is 42.5 Å². The molecule has 6 nitrogen and oxygen atoms in total. The Hall–Kier alpha value is -3.17. The van der Waals surface area contributed by atoms with Gasteiger partial charge < -0.3 is 9.67 Å². The van der Waals surface area contributed by atoms with Gasteiger partial charge in [-0.1, -0.05) is 35.9 Å². The molecule has 1 fully saturated rings. The molecule has 30 heavy (non-hydrogen) atoms. The average Bonchev–Trinajstić information content (AvgIpc) is 3.02. The van der Waals surface area contributed by atoms with Crippen LogP contribution in [0.4, 0.5) is 11.6 Å². The monoisotopic (exact) mass is 402 g/mol. The molecule has 1 aliphatic carbocycles. The molecule has 1 aliphatic rings. The topological polar surface area (TPSA) is 71.5 Å². The predicted octanol–water partition coefficient (Wildman–Crippen LogP) is 5.03. The molecule has 0 radical (unpaired) electrons. The van der Waals surface area contributed by atoms with Gasteiger partial charge in [0.2, 0.25) is 11.9 Å². The Morgan fingerprint density at radius 2 is 2.10 bits per heavy atom. The first-order chi connectivity index (χ1) is 14.2. The minimum atomic E-state index is -1.29. The van der Waals surface area contributed by atoms with E-state index < -0.39 is 5.60 Å². The van der Waals surface area contributed by atoms with Gasteiger partial charge in [0.15, 0.2) is 5.69 Å². The number of aliphatic hydroxyl groups is 1. The van der Waals surface area contributed by atoms with E-state index >= 15 is 0 Å². The summed E-state index contributed by atoms with van der Waals surface area (Å²) in [5, 5.41) is 13.9. The third kappa shape index (κ3) is 3.57. The van der Waals surface area contributed by atoms with Crippen LogP contribution in [0, 0.1) is 13.5 Å². The van der Waals surface area contributed by atoms with Crippen molar-refractivity contribution in [2.24, 2.45) is 0 Å². The molecule has 1 heterocycles. The van der Waals surface area contributed by atoms with Gasteiger partial charge in [-0.15, -0.1) is 0 Å². The second kappa shape index (κ2) is 7.26. The Bertz CT molecular complexity index is 1170. The number of imidazole rings is 1. The number of benzene rings is 2. The molecule has 2 aromatic carbocycles. The van der Waals surface area contributed by atoms with Crippen molar-refractivity contribution in [3.05, 3.63) is 65.0 Å². The van der Waals surface area contributed by atoms with E-state index in [-0.39, 0.29) is 17.9 Å². The number of carbonyl (C=O) groups excluding carboxylic acids is 1. The van der Waals surface area contributed by atoms with Crippen LogP contribution < -0.4 is 5.32 Å². The first kappa shape index (κ1) is 20.1. The van der Waals surface area contributed by atoms with Crippen molar-refractivity contribution in [1.82, 2.24) is 9.55 Å². The molecule has 6 heteroatoms. The van der Waals surface area contributed by atoms with Gasteiger partial charge in [-0.3, -0.25) is 10.1 Å². The summed E-state index contributed by atoms with van der Waals surface area (Å²) >= 11 is 0. The highest BCUT2D eigenvalue weighted by Crippen LogP contribution is 2.43. The standard InChI is InChI=1S/C24H26N4O2/c1-16-7-5-8-17(13-16)24(3,30)15-21(29)27-22-26-19-10-9-18(25-4)14-20(19)28(22)23(2)11-6-12-23/h5,7-10,13-14,30H,6,11-12,15H2,1-3H3,(H,26,27,29)/t24-/m1/s1. The Morgan fingerprint density at radius 3 is 2.73 bits per heavy atom. The molecular formula is C24H26N4O2. The SMILES string of the molecule is [C-]#[N+]c1ccc2nc(NC(=O)C[C@@](C)(O)c3cccc(C)c3)n(C3(C)CCC3)c2c1. The molecule has 1 amide bonds. The van der Waals surface area contributed by atoms with Crippen molar-refractivity contribution in [3.8, 4) is 0 Å². The van der Waals surface area contributed by atoms with Gasteiger partial charge >= 0.3 is 0 Å². The molecule has 1 atom stereocenters. The molecule has 0 aliphatic heterocycles. The van der Waals surface area contributed by atoms with E-state index in [0.29, 0.717) is 17.2 Å². The van der Waals surface area contributed by atoms with Crippen LogP contribution in [0.2, 0.25) is 0 Å². The Morgan fingerprint density at radius 1 is 1.33 bits per heavy atom. The molecule has 1 aromatic heterocycles. The summed E-state index contributed by atoms with van der Waals surface area (Å²) in [6.45, 7) is 13.1.